The molecule has 3 nitrogen and oxygen atoms in total. The molecule has 0 saturated carbocycles. The second-order valence-electron chi connectivity index (χ2n) is 3.87. The van der Waals surface area contributed by atoms with Gasteiger partial charge in [0.15, 0.2) is 0 Å². The minimum absolute atomic E-state index is 0.703. The topological polar surface area (TPSA) is 50.9 Å². The monoisotopic (exact) mass is 233 g/mol. The molecule has 2 rings (SSSR count). The van der Waals surface area contributed by atoms with Crippen molar-refractivity contribution in [1.29, 1.82) is 0 Å². The van der Waals surface area contributed by atoms with Gasteiger partial charge in [-0.15, -0.1) is 0 Å². The Hall–Kier alpha value is -1.55. The van der Waals surface area contributed by atoms with E-state index in [9.17, 15) is 0 Å². The SMILES string of the molecule is Cc1cscc1CNc1ncc(N)cc1C. The zero-order valence-electron chi connectivity index (χ0n) is 9.45. The van der Waals surface area contributed by atoms with Crippen LogP contribution in [-0.2, 0) is 6.54 Å². The molecule has 0 spiro atoms. The second kappa shape index (κ2) is 4.53. The van der Waals surface area contributed by atoms with Crippen molar-refractivity contribution in [3.05, 3.63) is 39.7 Å². The van der Waals surface area contributed by atoms with E-state index >= 15 is 0 Å². The van der Waals surface area contributed by atoms with Gasteiger partial charge in [0.2, 0.25) is 0 Å². The van der Waals surface area contributed by atoms with Crippen LogP contribution < -0.4 is 11.1 Å². The Morgan fingerprint density at radius 2 is 2.12 bits per heavy atom. The molecule has 0 saturated heterocycles. The summed E-state index contributed by atoms with van der Waals surface area (Å²) in [7, 11) is 0. The number of aromatic nitrogens is 1. The van der Waals surface area contributed by atoms with E-state index in [0.717, 1.165) is 17.9 Å². The van der Waals surface area contributed by atoms with Crippen molar-refractivity contribution in [2.75, 3.05) is 11.1 Å². The maximum atomic E-state index is 5.65. The molecule has 84 valence electrons. The van der Waals surface area contributed by atoms with Gasteiger partial charge in [0.1, 0.15) is 5.82 Å². The molecular weight excluding hydrogens is 218 g/mol. The van der Waals surface area contributed by atoms with Gasteiger partial charge in [0.05, 0.1) is 11.9 Å². The first-order valence-electron chi connectivity index (χ1n) is 5.14. The Morgan fingerprint density at radius 3 is 2.75 bits per heavy atom. The van der Waals surface area contributed by atoms with Gasteiger partial charge in [-0.05, 0) is 47.4 Å². The number of nitrogens with two attached hydrogens (primary N) is 1. The Morgan fingerprint density at radius 1 is 1.31 bits per heavy atom. The predicted molar refractivity (Wildman–Crippen MR) is 69.8 cm³/mol. The first-order chi connectivity index (χ1) is 7.66. The number of hydrogen-bond donors (Lipinski definition) is 2. The molecule has 0 unspecified atom stereocenters. The van der Waals surface area contributed by atoms with Crippen molar-refractivity contribution in [1.82, 2.24) is 4.98 Å². The zero-order valence-corrected chi connectivity index (χ0v) is 10.3. The van der Waals surface area contributed by atoms with E-state index in [4.69, 9.17) is 5.73 Å². The lowest BCUT2D eigenvalue weighted by molar-refractivity contribution is 1.09. The zero-order chi connectivity index (χ0) is 11.5. The van der Waals surface area contributed by atoms with Gasteiger partial charge >= 0.3 is 0 Å². The van der Waals surface area contributed by atoms with Gasteiger partial charge in [-0.3, -0.25) is 0 Å². The van der Waals surface area contributed by atoms with E-state index in [1.165, 1.54) is 11.1 Å². The fourth-order valence-corrected chi connectivity index (χ4v) is 2.39. The number of thiophene rings is 1. The third-order valence-electron chi connectivity index (χ3n) is 2.51. The normalized spacial score (nSPS) is 10.4. The number of nitrogens with one attached hydrogen (secondary N) is 1. The van der Waals surface area contributed by atoms with Crippen LogP contribution in [0.1, 0.15) is 16.7 Å². The van der Waals surface area contributed by atoms with Crippen molar-refractivity contribution in [3.63, 3.8) is 0 Å². The first kappa shape index (κ1) is 11.0. The summed E-state index contributed by atoms with van der Waals surface area (Å²) in [5, 5.41) is 7.64. The smallest absolute Gasteiger partial charge is 0.129 e. The lowest BCUT2D eigenvalue weighted by atomic mass is 10.2. The summed E-state index contributed by atoms with van der Waals surface area (Å²) in [6.45, 7) is 4.94. The molecule has 2 heterocycles. The van der Waals surface area contributed by atoms with Crippen LogP contribution in [-0.4, -0.2) is 4.98 Å². The van der Waals surface area contributed by atoms with Gasteiger partial charge < -0.3 is 11.1 Å². The van der Waals surface area contributed by atoms with Crippen molar-refractivity contribution in [2.45, 2.75) is 20.4 Å². The molecule has 0 bridgehead atoms. The Kier molecular flexibility index (Phi) is 3.10. The number of aryl methyl sites for hydroxylation is 2. The predicted octanol–water partition coefficient (Wildman–Crippen LogP) is 2.95. The van der Waals surface area contributed by atoms with Crippen molar-refractivity contribution in [2.24, 2.45) is 0 Å². The fourth-order valence-electron chi connectivity index (χ4n) is 1.53. The molecule has 0 aliphatic heterocycles. The summed E-state index contributed by atoms with van der Waals surface area (Å²) >= 11 is 1.73. The molecule has 2 aromatic rings. The highest BCUT2D eigenvalue weighted by Gasteiger charge is 2.02. The fraction of sp³-hybridized carbons (Fsp3) is 0.250. The van der Waals surface area contributed by atoms with Gasteiger partial charge in [-0.2, -0.15) is 11.3 Å². The highest BCUT2D eigenvalue weighted by Crippen LogP contribution is 2.18. The third kappa shape index (κ3) is 2.33. The molecule has 4 heteroatoms. The molecule has 0 aromatic carbocycles. The Labute approximate surface area is 99.3 Å². The molecule has 0 aliphatic rings. The number of pyridine rings is 1. The minimum atomic E-state index is 0.703. The quantitative estimate of drug-likeness (QED) is 0.857. The van der Waals surface area contributed by atoms with E-state index in [2.05, 4.69) is 28.0 Å². The number of anilines is 2. The number of nitrogens with zero attached hydrogens (tertiary/aromatic N) is 1. The lowest BCUT2D eigenvalue weighted by Crippen LogP contribution is -2.03. The van der Waals surface area contributed by atoms with Crippen LogP contribution >= 0.6 is 11.3 Å². The van der Waals surface area contributed by atoms with E-state index in [0.29, 0.717) is 5.69 Å². The minimum Gasteiger partial charge on any atom is -0.397 e. The van der Waals surface area contributed by atoms with Crippen LogP contribution in [0.4, 0.5) is 11.5 Å². The van der Waals surface area contributed by atoms with Crippen molar-refractivity contribution in [3.8, 4) is 0 Å². The van der Waals surface area contributed by atoms with Crippen LogP contribution in [0.3, 0.4) is 0 Å². The Bertz CT molecular complexity index is 491. The maximum absolute atomic E-state index is 5.65. The highest BCUT2D eigenvalue weighted by atomic mass is 32.1. The van der Waals surface area contributed by atoms with Crippen LogP contribution in [0.15, 0.2) is 23.0 Å². The number of hydrogen-bond acceptors (Lipinski definition) is 4. The van der Waals surface area contributed by atoms with E-state index in [1.807, 2.05) is 13.0 Å². The summed E-state index contributed by atoms with van der Waals surface area (Å²) in [5.41, 5.74) is 10.1. The van der Waals surface area contributed by atoms with E-state index in [-0.39, 0.29) is 0 Å². The standard InChI is InChI=1S/C12H15N3S/c1-8-3-11(13)5-15-12(8)14-4-10-7-16-6-9(10)2/h3,5-7H,4,13H2,1-2H3,(H,14,15). The number of nitrogen functional groups attached to an aromatic ring is 1. The van der Waals surface area contributed by atoms with Crippen LogP contribution in [0.5, 0.6) is 0 Å². The van der Waals surface area contributed by atoms with Gasteiger partial charge in [-0.25, -0.2) is 4.98 Å². The average Bonchev–Trinajstić information content (AvgIpc) is 2.63. The van der Waals surface area contributed by atoms with E-state index in [1.54, 1.807) is 17.5 Å². The van der Waals surface area contributed by atoms with Gasteiger partial charge in [0, 0.05) is 6.54 Å². The summed E-state index contributed by atoms with van der Waals surface area (Å²) < 4.78 is 0. The molecule has 0 amide bonds. The molecule has 0 aliphatic carbocycles. The van der Waals surface area contributed by atoms with Crippen molar-refractivity contribution < 1.29 is 0 Å². The van der Waals surface area contributed by atoms with Crippen LogP contribution in [0.2, 0.25) is 0 Å². The average molecular weight is 233 g/mol. The summed E-state index contributed by atoms with van der Waals surface area (Å²) in [4.78, 5) is 4.27. The Balaban J connectivity index is 2.08. The third-order valence-corrected chi connectivity index (χ3v) is 3.42. The molecule has 2 aromatic heterocycles. The molecule has 3 N–H and O–H groups in total. The molecule has 0 fully saturated rings. The largest absolute Gasteiger partial charge is 0.397 e. The summed E-state index contributed by atoms with van der Waals surface area (Å²) in [6.07, 6.45) is 1.68. The molecular formula is C12H15N3S. The van der Waals surface area contributed by atoms with Crippen LogP contribution in [0, 0.1) is 13.8 Å². The highest BCUT2D eigenvalue weighted by molar-refractivity contribution is 7.08. The molecule has 0 radical (unpaired) electrons. The summed E-state index contributed by atoms with van der Waals surface area (Å²) in [5.74, 6) is 0.903. The molecule has 0 atom stereocenters. The van der Waals surface area contributed by atoms with Crippen LogP contribution in [0.25, 0.3) is 0 Å². The van der Waals surface area contributed by atoms with Gasteiger partial charge in [-0.1, -0.05) is 0 Å². The number of rotatable bonds is 3. The summed E-state index contributed by atoms with van der Waals surface area (Å²) in [6, 6.07) is 1.93. The maximum Gasteiger partial charge on any atom is 0.129 e. The first-order valence-corrected chi connectivity index (χ1v) is 6.09. The second-order valence-corrected chi connectivity index (χ2v) is 4.61. The van der Waals surface area contributed by atoms with Crippen molar-refractivity contribution >= 4 is 22.8 Å². The lowest BCUT2D eigenvalue weighted by Gasteiger charge is -2.08. The van der Waals surface area contributed by atoms with Gasteiger partial charge in [0.25, 0.3) is 0 Å². The molecule has 16 heavy (non-hydrogen) atoms. The van der Waals surface area contributed by atoms with E-state index < -0.39 is 0 Å².